The fourth-order valence-electron chi connectivity index (χ4n) is 3.65. The largest absolute Gasteiger partial charge is 0.352 e. The number of rotatable bonds is 9. The Hall–Kier alpha value is -1.53. The van der Waals surface area contributed by atoms with Crippen molar-refractivity contribution in [2.45, 2.75) is 62.1 Å². The van der Waals surface area contributed by atoms with E-state index in [1.165, 1.54) is 46.6 Å². The van der Waals surface area contributed by atoms with Gasteiger partial charge in [-0.2, -0.15) is 0 Å². The summed E-state index contributed by atoms with van der Waals surface area (Å²) in [5.74, 6) is 0.934. The van der Waals surface area contributed by atoms with E-state index in [1.54, 1.807) is 11.3 Å². The Morgan fingerprint density at radius 3 is 2.75 bits per heavy atom. The molecule has 148 valence electrons. The van der Waals surface area contributed by atoms with Gasteiger partial charge in [0.25, 0.3) is 0 Å². The zero-order chi connectivity index (χ0) is 19.8. The third-order valence-electron chi connectivity index (χ3n) is 5.04. The highest BCUT2D eigenvalue weighted by atomic mass is 32.2. The molecule has 1 fully saturated rings. The van der Waals surface area contributed by atoms with Crippen molar-refractivity contribution in [2.75, 3.05) is 11.1 Å². The molecule has 1 aromatic carbocycles. The molecule has 6 heteroatoms. The lowest BCUT2D eigenvalue weighted by Crippen LogP contribution is -2.31. The van der Waals surface area contributed by atoms with Gasteiger partial charge in [-0.3, -0.25) is 4.99 Å². The number of allylic oxidation sites excluding steroid dienone is 1. The maximum atomic E-state index is 4.68. The highest BCUT2D eigenvalue weighted by molar-refractivity contribution is 8.01. The summed E-state index contributed by atoms with van der Waals surface area (Å²) in [4.78, 5) is 9.35. The van der Waals surface area contributed by atoms with Crippen LogP contribution in [-0.4, -0.2) is 24.3 Å². The summed E-state index contributed by atoms with van der Waals surface area (Å²) in [7, 11) is 2.09. The quantitative estimate of drug-likeness (QED) is 0.319. The summed E-state index contributed by atoms with van der Waals surface area (Å²) in [6.07, 6.45) is 11.1. The Balaban J connectivity index is 1.66. The van der Waals surface area contributed by atoms with Gasteiger partial charge in [-0.05, 0) is 24.8 Å². The second-order valence-electron chi connectivity index (χ2n) is 7.71. The first-order chi connectivity index (χ1) is 13.6. The first-order valence-corrected chi connectivity index (χ1v) is 12.0. The molecule has 0 unspecified atom stereocenters. The molecule has 1 aliphatic carbocycles. The van der Waals surface area contributed by atoms with Gasteiger partial charge in [0.05, 0.1) is 15.9 Å². The third-order valence-corrected chi connectivity index (χ3v) is 7.22. The van der Waals surface area contributed by atoms with E-state index in [0.29, 0.717) is 0 Å². The van der Waals surface area contributed by atoms with Crippen LogP contribution in [0.3, 0.4) is 0 Å². The zero-order valence-electron chi connectivity index (χ0n) is 17.2. The number of hydrogen-bond acceptors (Lipinski definition) is 5. The van der Waals surface area contributed by atoms with E-state index in [1.807, 2.05) is 24.2 Å². The zero-order valence-corrected chi connectivity index (χ0v) is 18.8. The van der Waals surface area contributed by atoms with Crippen LogP contribution in [0.5, 0.6) is 0 Å². The maximum Gasteiger partial charge on any atom is 0.184 e. The number of aromatic nitrogens is 1. The summed E-state index contributed by atoms with van der Waals surface area (Å²) in [5, 5.41) is 4.83. The Morgan fingerprint density at radius 2 is 2.07 bits per heavy atom. The van der Waals surface area contributed by atoms with Crippen LogP contribution in [0.15, 0.2) is 57.4 Å². The molecule has 2 aromatic rings. The fourth-order valence-corrected chi connectivity index (χ4v) is 5.60. The molecule has 0 saturated heterocycles. The monoisotopic (exact) mass is 411 g/mol. The van der Waals surface area contributed by atoms with Crippen molar-refractivity contribution in [3.63, 3.8) is 0 Å². The molecular formula is C22H30BN3S2. The second-order valence-corrected chi connectivity index (χ2v) is 10.0. The SMILES string of the molecule is B/C(C)=C/N=C(\CCC)CSc1cnc(NC2(c3ccccc3)CCCC2)s1. The van der Waals surface area contributed by atoms with E-state index in [9.17, 15) is 0 Å². The van der Waals surface area contributed by atoms with E-state index in [0.717, 1.165) is 23.7 Å². The minimum atomic E-state index is 0.0410. The molecule has 28 heavy (non-hydrogen) atoms. The lowest BCUT2D eigenvalue weighted by molar-refractivity contribution is 0.508. The molecule has 1 N–H and O–H groups in total. The maximum absolute atomic E-state index is 4.68. The normalized spacial score (nSPS) is 17.1. The highest BCUT2D eigenvalue weighted by Gasteiger charge is 2.36. The lowest BCUT2D eigenvalue weighted by atomic mass is 9.88. The smallest absolute Gasteiger partial charge is 0.184 e. The first kappa shape index (κ1) is 21.2. The fraction of sp³-hybridized carbons (Fsp3) is 0.455. The van der Waals surface area contributed by atoms with Gasteiger partial charge < -0.3 is 5.32 Å². The molecule has 3 nitrogen and oxygen atoms in total. The second kappa shape index (κ2) is 10.3. The van der Waals surface area contributed by atoms with Crippen molar-refractivity contribution in [1.82, 2.24) is 4.98 Å². The van der Waals surface area contributed by atoms with E-state index >= 15 is 0 Å². The molecule has 1 saturated carbocycles. The molecule has 3 rings (SSSR count). The number of anilines is 1. The van der Waals surface area contributed by atoms with Crippen LogP contribution >= 0.6 is 23.1 Å². The Labute approximate surface area is 178 Å². The molecule has 0 amide bonds. The van der Waals surface area contributed by atoms with E-state index < -0.39 is 0 Å². The molecule has 0 atom stereocenters. The van der Waals surface area contributed by atoms with Crippen molar-refractivity contribution >= 4 is 41.8 Å². The number of nitrogens with zero attached hydrogens (tertiary/aromatic N) is 2. The summed E-state index contributed by atoms with van der Waals surface area (Å²) >= 11 is 3.62. The number of aliphatic imine (C=N–C) groups is 1. The molecule has 0 aliphatic heterocycles. The van der Waals surface area contributed by atoms with Crippen molar-refractivity contribution in [2.24, 2.45) is 4.99 Å². The molecule has 1 heterocycles. The predicted octanol–water partition coefficient (Wildman–Crippen LogP) is 5.85. The van der Waals surface area contributed by atoms with E-state index in [4.69, 9.17) is 0 Å². The molecule has 1 aliphatic rings. The summed E-state index contributed by atoms with van der Waals surface area (Å²) in [6.45, 7) is 4.30. The average Bonchev–Trinajstić information content (AvgIpc) is 3.35. The molecule has 0 spiro atoms. The van der Waals surface area contributed by atoms with Crippen molar-refractivity contribution in [1.29, 1.82) is 0 Å². The third kappa shape index (κ3) is 5.74. The Bertz CT molecular complexity index is 804. The van der Waals surface area contributed by atoms with Gasteiger partial charge in [0.1, 0.15) is 7.85 Å². The van der Waals surface area contributed by atoms with Crippen LogP contribution in [0.1, 0.15) is 57.9 Å². The van der Waals surface area contributed by atoms with E-state index in [-0.39, 0.29) is 5.54 Å². The molecule has 1 aromatic heterocycles. The van der Waals surface area contributed by atoms with Crippen molar-refractivity contribution in [3.05, 3.63) is 53.8 Å². The van der Waals surface area contributed by atoms with Gasteiger partial charge in [-0.15, -0.1) is 11.8 Å². The molecule has 0 radical (unpaired) electrons. The number of benzene rings is 1. The number of thiazole rings is 1. The van der Waals surface area contributed by atoms with Gasteiger partial charge >= 0.3 is 0 Å². The average molecular weight is 411 g/mol. The van der Waals surface area contributed by atoms with Crippen LogP contribution in [-0.2, 0) is 5.54 Å². The lowest BCUT2D eigenvalue weighted by Gasteiger charge is -2.30. The van der Waals surface area contributed by atoms with Crippen LogP contribution in [0, 0.1) is 0 Å². The van der Waals surface area contributed by atoms with Gasteiger partial charge in [-0.25, -0.2) is 4.98 Å². The van der Waals surface area contributed by atoms with Crippen molar-refractivity contribution < 1.29 is 0 Å². The number of thioether (sulfide) groups is 1. The minimum absolute atomic E-state index is 0.0410. The molecular weight excluding hydrogens is 381 g/mol. The predicted molar refractivity (Wildman–Crippen MR) is 128 cm³/mol. The first-order valence-electron chi connectivity index (χ1n) is 10.2. The summed E-state index contributed by atoms with van der Waals surface area (Å²) < 4.78 is 1.25. The Morgan fingerprint density at radius 1 is 1.32 bits per heavy atom. The van der Waals surface area contributed by atoms with Crippen LogP contribution in [0.4, 0.5) is 5.13 Å². The highest BCUT2D eigenvalue weighted by Crippen LogP contribution is 2.42. The van der Waals surface area contributed by atoms with E-state index in [2.05, 4.69) is 67.3 Å². The van der Waals surface area contributed by atoms with Gasteiger partial charge in [0, 0.05) is 17.7 Å². The summed E-state index contributed by atoms with van der Waals surface area (Å²) in [6, 6.07) is 10.9. The topological polar surface area (TPSA) is 37.3 Å². The van der Waals surface area contributed by atoms with Crippen LogP contribution in [0.25, 0.3) is 0 Å². The van der Waals surface area contributed by atoms with Crippen LogP contribution in [0.2, 0.25) is 0 Å². The van der Waals surface area contributed by atoms with Crippen LogP contribution < -0.4 is 5.32 Å². The standard InChI is InChI=1S/C22H30BN3S2/c1-3-9-19(24-14-17(2)23)16-27-20-15-25-21(28-20)26-22(12-7-8-13-22)18-10-5-4-6-11-18/h4-6,10-11,14-15H,3,7-9,12-13,16,23H2,1-2H3,(H,25,26)/b17-14+,24-19+. The molecule has 0 bridgehead atoms. The summed E-state index contributed by atoms with van der Waals surface area (Å²) in [5.41, 5.74) is 3.93. The van der Waals surface area contributed by atoms with Gasteiger partial charge in [0.2, 0.25) is 0 Å². The Kier molecular flexibility index (Phi) is 7.80. The number of nitrogens with one attached hydrogen (secondary N) is 1. The minimum Gasteiger partial charge on any atom is -0.352 e. The van der Waals surface area contributed by atoms with Gasteiger partial charge in [0.15, 0.2) is 5.13 Å². The van der Waals surface area contributed by atoms with Crippen molar-refractivity contribution in [3.8, 4) is 0 Å². The number of hydrogen-bond donors (Lipinski definition) is 1. The van der Waals surface area contributed by atoms with Gasteiger partial charge in [-0.1, -0.05) is 80.3 Å².